The average molecular weight is 352 g/mol. The number of halogens is 1. The fourth-order valence-electron chi connectivity index (χ4n) is 3.00. The lowest BCUT2D eigenvalue weighted by atomic mass is 10.2. The summed E-state index contributed by atoms with van der Waals surface area (Å²) in [5.74, 6) is 0.219. The molecule has 1 aromatic heterocycles. The second kappa shape index (κ2) is 6.91. The normalized spacial score (nSPS) is 14.5. The zero-order valence-electron chi connectivity index (χ0n) is 14.0. The largest absolute Gasteiger partial charge is 0.336 e. The van der Waals surface area contributed by atoms with Gasteiger partial charge in [0.15, 0.2) is 0 Å². The Morgan fingerprint density at radius 1 is 0.923 bits per heavy atom. The third-order valence-corrected chi connectivity index (χ3v) is 4.39. The van der Waals surface area contributed by atoms with Crippen molar-refractivity contribution in [1.29, 1.82) is 0 Å². The highest BCUT2D eigenvalue weighted by atomic mass is 19.1. The Hall–Kier alpha value is -3.29. The lowest BCUT2D eigenvalue weighted by Crippen LogP contribution is -2.49. The first kappa shape index (κ1) is 16.2. The molecule has 7 nitrogen and oxygen atoms in total. The van der Waals surface area contributed by atoms with Crippen LogP contribution < -0.4 is 4.90 Å². The van der Waals surface area contributed by atoms with Crippen LogP contribution in [0.25, 0.3) is 5.69 Å². The fourth-order valence-corrected chi connectivity index (χ4v) is 3.00. The molecule has 0 unspecified atom stereocenters. The number of hydrogen-bond acceptors (Lipinski definition) is 5. The van der Waals surface area contributed by atoms with Gasteiger partial charge < -0.3 is 9.80 Å². The van der Waals surface area contributed by atoms with E-state index in [1.807, 2.05) is 30.3 Å². The summed E-state index contributed by atoms with van der Waals surface area (Å²) < 4.78 is 14.7. The minimum Gasteiger partial charge on any atom is -0.336 e. The summed E-state index contributed by atoms with van der Waals surface area (Å²) in [7, 11) is 0. The van der Waals surface area contributed by atoms with Crippen molar-refractivity contribution in [1.82, 2.24) is 25.1 Å². The van der Waals surface area contributed by atoms with E-state index >= 15 is 0 Å². The molecule has 0 bridgehead atoms. The Balaban J connectivity index is 1.45. The van der Waals surface area contributed by atoms with Gasteiger partial charge in [-0.1, -0.05) is 23.3 Å². The number of nitrogens with zero attached hydrogens (tertiary/aromatic N) is 6. The van der Waals surface area contributed by atoms with E-state index in [-0.39, 0.29) is 11.7 Å². The van der Waals surface area contributed by atoms with Crippen LogP contribution in [0.3, 0.4) is 0 Å². The third-order valence-electron chi connectivity index (χ3n) is 4.39. The number of anilines is 1. The summed E-state index contributed by atoms with van der Waals surface area (Å²) in [5, 5.41) is 12.0. The molecule has 0 radical (unpaired) electrons. The molecule has 1 aliphatic rings. The molecule has 3 aromatic rings. The van der Waals surface area contributed by atoms with Gasteiger partial charge in [-0.15, -0.1) is 0 Å². The van der Waals surface area contributed by atoms with Crippen LogP contribution in [0.1, 0.15) is 10.4 Å². The summed E-state index contributed by atoms with van der Waals surface area (Å²) in [5.41, 5.74) is 1.38. The maximum atomic E-state index is 13.0. The Kier molecular flexibility index (Phi) is 4.30. The smallest absolute Gasteiger partial charge is 0.253 e. The van der Waals surface area contributed by atoms with Crippen molar-refractivity contribution in [2.24, 2.45) is 0 Å². The van der Waals surface area contributed by atoms with Gasteiger partial charge in [0.1, 0.15) is 5.82 Å². The molecule has 0 spiro atoms. The van der Waals surface area contributed by atoms with Crippen LogP contribution in [0.2, 0.25) is 0 Å². The van der Waals surface area contributed by atoms with Crippen molar-refractivity contribution in [2.75, 3.05) is 31.1 Å². The number of piperazine rings is 1. The van der Waals surface area contributed by atoms with E-state index < -0.39 is 0 Å². The molecule has 1 saturated heterocycles. The number of carbonyl (C=O) groups is 1. The number of benzene rings is 2. The molecule has 0 atom stereocenters. The molecule has 1 amide bonds. The number of amides is 1. The Labute approximate surface area is 149 Å². The van der Waals surface area contributed by atoms with Crippen molar-refractivity contribution in [3.05, 3.63) is 66.0 Å². The quantitative estimate of drug-likeness (QED) is 0.719. The lowest BCUT2D eigenvalue weighted by Gasteiger charge is -2.34. The lowest BCUT2D eigenvalue weighted by molar-refractivity contribution is 0.0746. The van der Waals surface area contributed by atoms with E-state index in [9.17, 15) is 9.18 Å². The first-order chi connectivity index (χ1) is 12.7. The monoisotopic (exact) mass is 352 g/mol. The van der Waals surface area contributed by atoms with Crippen LogP contribution in [0, 0.1) is 5.82 Å². The maximum Gasteiger partial charge on any atom is 0.253 e. The molecule has 2 aromatic carbocycles. The van der Waals surface area contributed by atoms with Crippen LogP contribution in [0.15, 0.2) is 54.6 Å². The Morgan fingerprint density at radius 3 is 2.31 bits per heavy atom. The summed E-state index contributed by atoms with van der Waals surface area (Å²) >= 11 is 0. The number of rotatable bonds is 3. The van der Waals surface area contributed by atoms with E-state index in [4.69, 9.17) is 0 Å². The van der Waals surface area contributed by atoms with Gasteiger partial charge >= 0.3 is 0 Å². The van der Waals surface area contributed by atoms with Crippen molar-refractivity contribution in [2.45, 2.75) is 0 Å². The van der Waals surface area contributed by atoms with Crippen molar-refractivity contribution < 1.29 is 9.18 Å². The number of carbonyl (C=O) groups excluding carboxylic acids is 1. The zero-order chi connectivity index (χ0) is 17.9. The molecule has 4 rings (SSSR count). The second-order valence-corrected chi connectivity index (χ2v) is 6.01. The maximum absolute atomic E-state index is 13.0. The van der Waals surface area contributed by atoms with Crippen LogP contribution in [0.4, 0.5) is 10.3 Å². The molecule has 1 fully saturated rings. The van der Waals surface area contributed by atoms with Gasteiger partial charge in [0.25, 0.3) is 5.91 Å². The molecule has 0 saturated carbocycles. The molecular weight excluding hydrogens is 335 g/mol. The minimum absolute atomic E-state index is 0.0905. The SMILES string of the molecule is O=C(c1ccc(F)cc1)N1CCN(c2nnnn2-c2ccccc2)CC1. The predicted octanol–water partition coefficient (Wildman–Crippen LogP) is 1.76. The fraction of sp³-hybridized carbons (Fsp3) is 0.222. The third kappa shape index (κ3) is 3.13. The van der Waals surface area contributed by atoms with E-state index in [1.54, 1.807) is 9.58 Å². The molecule has 1 aliphatic heterocycles. The Bertz CT molecular complexity index is 888. The van der Waals surface area contributed by atoms with E-state index in [0.29, 0.717) is 37.7 Å². The summed E-state index contributed by atoms with van der Waals surface area (Å²) in [6, 6.07) is 15.3. The zero-order valence-corrected chi connectivity index (χ0v) is 14.0. The van der Waals surface area contributed by atoms with Crippen LogP contribution in [-0.2, 0) is 0 Å². The number of aromatic nitrogens is 4. The molecule has 0 N–H and O–H groups in total. The van der Waals surface area contributed by atoms with E-state index in [2.05, 4.69) is 20.4 Å². The van der Waals surface area contributed by atoms with Gasteiger partial charge in [-0.2, -0.15) is 4.68 Å². The van der Waals surface area contributed by atoms with Crippen LogP contribution in [-0.4, -0.2) is 57.2 Å². The summed E-state index contributed by atoms with van der Waals surface area (Å²) in [6.07, 6.45) is 0. The van der Waals surface area contributed by atoms with Crippen LogP contribution >= 0.6 is 0 Å². The highest BCUT2D eigenvalue weighted by Crippen LogP contribution is 2.18. The molecule has 8 heteroatoms. The first-order valence-corrected chi connectivity index (χ1v) is 8.36. The Morgan fingerprint density at radius 2 is 1.62 bits per heavy atom. The molecular formula is C18H17FN6O. The minimum atomic E-state index is -0.348. The highest BCUT2D eigenvalue weighted by molar-refractivity contribution is 5.94. The number of hydrogen-bond donors (Lipinski definition) is 0. The predicted molar refractivity (Wildman–Crippen MR) is 93.7 cm³/mol. The number of para-hydroxylation sites is 1. The molecule has 132 valence electrons. The number of tetrazole rings is 1. The van der Waals surface area contributed by atoms with Crippen LogP contribution in [0.5, 0.6) is 0 Å². The average Bonchev–Trinajstić information content (AvgIpc) is 3.19. The van der Waals surface area contributed by atoms with Gasteiger partial charge in [-0.3, -0.25) is 4.79 Å². The molecule has 0 aliphatic carbocycles. The van der Waals surface area contributed by atoms with Gasteiger partial charge in [0, 0.05) is 31.7 Å². The standard InChI is InChI=1S/C18H17FN6O/c19-15-8-6-14(7-9-15)17(26)23-10-12-24(13-11-23)18-20-21-22-25(18)16-4-2-1-3-5-16/h1-9H,10-13H2. The van der Waals surface area contributed by atoms with Crippen molar-refractivity contribution in [3.63, 3.8) is 0 Å². The first-order valence-electron chi connectivity index (χ1n) is 8.36. The molecule has 2 heterocycles. The van der Waals surface area contributed by atoms with Gasteiger partial charge in [-0.05, 0) is 46.8 Å². The van der Waals surface area contributed by atoms with E-state index in [1.165, 1.54) is 24.3 Å². The summed E-state index contributed by atoms with van der Waals surface area (Å²) in [4.78, 5) is 16.4. The highest BCUT2D eigenvalue weighted by Gasteiger charge is 2.25. The van der Waals surface area contributed by atoms with Crippen molar-refractivity contribution >= 4 is 11.9 Å². The second-order valence-electron chi connectivity index (χ2n) is 6.01. The molecule has 26 heavy (non-hydrogen) atoms. The van der Waals surface area contributed by atoms with Gasteiger partial charge in [0.2, 0.25) is 5.95 Å². The summed E-state index contributed by atoms with van der Waals surface area (Å²) in [6.45, 7) is 2.36. The van der Waals surface area contributed by atoms with Gasteiger partial charge in [0.05, 0.1) is 5.69 Å². The van der Waals surface area contributed by atoms with Crippen molar-refractivity contribution in [3.8, 4) is 5.69 Å². The van der Waals surface area contributed by atoms with Gasteiger partial charge in [-0.25, -0.2) is 4.39 Å². The topological polar surface area (TPSA) is 67.2 Å². The van der Waals surface area contributed by atoms with E-state index in [0.717, 1.165) is 5.69 Å².